The smallest absolute Gasteiger partial charge is 0.280 e. The van der Waals surface area contributed by atoms with Gasteiger partial charge in [0.25, 0.3) is 10.1 Å². The van der Waals surface area contributed by atoms with Crippen molar-refractivity contribution < 1.29 is 17.4 Å². The zero-order chi connectivity index (χ0) is 18.3. The van der Waals surface area contributed by atoms with E-state index in [9.17, 15) is 8.42 Å². The van der Waals surface area contributed by atoms with E-state index in [1.54, 1.807) is 0 Å². The number of nitrogens with zero attached hydrogens (tertiary/aromatic N) is 1. The van der Waals surface area contributed by atoms with Crippen molar-refractivity contribution in [3.05, 3.63) is 64.2 Å². The van der Waals surface area contributed by atoms with Crippen molar-refractivity contribution in [1.82, 2.24) is 5.06 Å². The van der Waals surface area contributed by atoms with Crippen molar-refractivity contribution in [2.75, 3.05) is 19.3 Å². The van der Waals surface area contributed by atoms with Gasteiger partial charge in [-0.15, -0.1) is 0 Å². The maximum atomic E-state index is 11.3. The topological polar surface area (TPSA) is 55.8 Å². The lowest BCUT2D eigenvalue weighted by molar-refractivity contribution is -0.0564. The molecule has 1 fully saturated rings. The molecule has 136 valence electrons. The first-order valence-corrected chi connectivity index (χ1v) is 10.5. The van der Waals surface area contributed by atoms with Gasteiger partial charge in [0.2, 0.25) is 0 Å². The van der Waals surface area contributed by atoms with Crippen molar-refractivity contribution in [2.24, 2.45) is 0 Å². The molecule has 0 bridgehead atoms. The third-order valence-corrected chi connectivity index (χ3v) is 5.22. The Bertz CT molecular complexity index is 990. The molecule has 26 heavy (non-hydrogen) atoms. The number of hydrogen-bond donors (Lipinski definition) is 0. The van der Waals surface area contributed by atoms with Gasteiger partial charge in [0.15, 0.2) is 0 Å². The number of para-hydroxylation sites is 1. The number of hydroxylamine groups is 2. The highest BCUT2D eigenvalue weighted by atomic mass is 35.5. The predicted octanol–water partition coefficient (Wildman–Crippen LogP) is 4.23. The van der Waals surface area contributed by atoms with Crippen LogP contribution in [0.15, 0.2) is 48.0 Å². The van der Waals surface area contributed by atoms with Gasteiger partial charge in [0.1, 0.15) is 11.5 Å². The molecule has 0 N–H and O–H groups in total. The largest absolute Gasteiger partial charge is 0.456 e. The summed E-state index contributed by atoms with van der Waals surface area (Å²) >= 11 is 6.23. The molecular weight excluding hydrogens is 374 g/mol. The van der Waals surface area contributed by atoms with E-state index >= 15 is 0 Å². The Kier molecular flexibility index (Phi) is 4.52. The van der Waals surface area contributed by atoms with Gasteiger partial charge in [-0.3, -0.25) is 0 Å². The third kappa shape index (κ3) is 3.50. The summed E-state index contributed by atoms with van der Waals surface area (Å²) in [6.07, 6.45) is 2.49. The molecule has 0 aliphatic carbocycles. The van der Waals surface area contributed by atoms with E-state index in [1.807, 2.05) is 42.5 Å². The lowest BCUT2D eigenvalue weighted by atomic mass is 9.86. The molecule has 2 aliphatic heterocycles. The summed E-state index contributed by atoms with van der Waals surface area (Å²) in [5, 5.41) is 2.16. The fourth-order valence-corrected chi connectivity index (χ4v) is 4.17. The van der Waals surface area contributed by atoms with E-state index in [0.717, 1.165) is 34.5 Å². The number of benzene rings is 2. The van der Waals surface area contributed by atoms with E-state index in [0.29, 0.717) is 31.0 Å². The molecular formula is C19H18ClNO4S. The Morgan fingerprint density at radius 1 is 1.04 bits per heavy atom. The minimum atomic E-state index is -3.50. The standard InChI is InChI=1S/C19H18ClNO4S/c1-26(22,23)25-21-10-8-13(9-11-21)19-15-4-2-3-5-17(15)24-18-7-6-14(20)12-16(18)19/h2-7,12H,8-11H2,1H3. The van der Waals surface area contributed by atoms with E-state index in [4.69, 9.17) is 20.6 Å². The van der Waals surface area contributed by atoms with Gasteiger partial charge in [-0.25, -0.2) is 0 Å². The van der Waals surface area contributed by atoms with Gasteiger partial charge in [-0.05, 0) is 42.7 Å². The number of ether oxygens (including phenoxy) is 1. The maximum Gasteiger partial charge on any atom is 0.280 e. The van der Waals surface area contributed by atoms with Crippen LogP contribution >= 0.6 is 11.6 Å². The molecule has 2 aromatic rings. The summed E-state index contributed by atoms with van der Waals surface area (Å²) in [5.41, 5.74) is 4.39. The third-order valence-electron chi connectivity index (χ3n) is 4.51. The summed E-state index contributed by atoms with van der Waals surface area (Å²) in [7, 11) is -3.50. The molecule has 0 spiro atoms. The van der Waals surface area contributed by atoms with Crippen LogP contribution in [-0.2, 0) is 14.4 Å². The number of fused-ring (bicyclic) bond motifs is 2. The Morgan fingerprint density at radius 2 is 1.73 bits per heavy atom. The van der Waals surface area contributed by atoms with Gasteiger partial charge in [0.05, 0.1) is 6.26 Å². The number of halogens is 1. The Balaban J connectivity index is 1.74. The molecule has 0 unspecified atom stereocenters. The lowest BCUT2D eigenvalue weighted by Gasteiger charge is -2.30. The van der Waals surface area contributed by atoms with Gasteiger partial charge in [0, 0.05) is 29.2 Å². The number of piperidine rings is 1. The van der Waals surface area contributed by atoms with Gasteiger partial charge >= 0.3 is 0 Å². The van der Waals surface area contributed by atoms with Crippen LogP contribution in [0.4, 0.5) is 0 Å². The van der Waals surface area contributed by atoms with Gasteiger partial charge in [-0.1, -0.05) is 35.4 Å². The SMILES string of the molecule is CS(=O)(=O)ON1CCC(=C2c3ccccc3Oc3ccc(Cl)cc32)CC1. The van der Waals surface area contributed by atoms with Crippen LogP contribution in [0.1, 0.15) is 24.0 Å². The first-order chi connectivity index (χ1) is 12.4. The Morgan fingerprint density at radius 3 is 2.46 bits per heavy atom. The van der Waals surface area contributed by atoms with Crippen molar-refractivity contribution in [1.29, 1.82) is 0 Å². The fraction of sp³-hybridized carbons (Fsp3) is 0.263. The highest BCUT2D eigenvalue weighted by Crippen LogP contribution is 2.47. The molecule has 1 saturated heterocycles. The molecule has 0 saturated carbocycles. The zero-order valence-corrected chi connectivity index (χ0v) is 15.8. The molecule has 0 atom stereocenters. The summed E-state index contributed by atoms with van der Waals surface area (Å²) < 4.78 is 33.7. The van der Waals surface area contributed by atoms with Crippen LogP contribution in [0.25, 0.3) is 5.57 Å². The summed E-state index contributed by atoms with van der Waals surface area (Å²) in [6.45, 7) is 1.04. The molecule has 7 heteroatoms. The predicted molar refractivity (Wildman–Crippen MR) is 101 cm³/mol. The summed E-state index contributed by atoms with van der Waals surface area (Å²) in [5.74, 6) is 1.60. The first-order valence-electron chi connectivity index (χ1n) is 8.34. The van der Waals surface area contributed by atoms with Crippen LogP contribution in [0.5, 0.6) is 11.5 Å². The highest BCUT2D eigenvalue weighted by Gasteiger charge is 2.27. The monoisotopic (exact) mass is 391 g/mol. The van der Waals surface area contributed by atoms with Crippen molar-refractivity contribution in [2.45, 2.75) is 12.8 Å². The van der Waals surface area contributed by atoms with E-state index in [2.05, 4.69) is 0 Å². The number of hydrogen-bond acceptors (Lipinski definition) is 5. The molecule has 5 nitrogen and oxygen atoms in total. The van der Waals surface area contributed by atoms with Crippen molar-refractivity contribution in [3.63, 3.8) is 0 Å². The maximum absolute atomic E-state index is 11.3. The van der Waals surface area contributed by atoms with E-state index < -0.39 is 10.1 Å². The van der Waals surface area contributed by atoms with Crippen LogP contribution in [0, 0.1) is 0 Å². The number of rotatable bonds is 2. The van der Waals surface area contributed by atoms with Crippen molar-refractivity contribution in [3.8, 4) is 11.5 Å². The van der Waals surface area contributed by atoms with Crippen LogP contribution in [0.3, 0.4) is 0 Å². The second-order valence-electron chi connectivity index (χ2n) is 6.42. The Hall–Kier alpha value is -1.86. The fourth-order valence-electron chi connectivity index (χ4n) is 3.47. The molecule has 0 aromatic heterocycles. The van der Waals surface area contributed by atoms with E-state index in [-0.39, 0.29) is 0 Å². The zero-order valence-electron chi connectivity index (χ0n) is 14.2. The molecule has 2 heterocycles. The van der Waals surface area contributed by atoms with E-state index in [1.165, 1.54) is 10.6 Å². The Labute approximate surface area is 157 Å². The summed E-state index contributed by atoms with van der Waals surface area (Å²) in [4.78, 5) is 0. The second-order valence-corrected chi connectivity index (χ2v) is 8.42. The second kappa shape index (κ2) is 6.70. The van der Waals surface area contributed by atoms with Crippen LogP contribution in [-0.4, -0.2) is 32.8 Å². The normalized spacial score (nSPS) is 17.5. The highest BCUT2D eigenvalue weighted by molar-refractivity contribution is 7.85. The van der Waals surface area contributed by atoms with Crippen molar-refractivity contribution >= 4 is 27.3 Å². The summed E-state index contributed by atoms with van der Waals surface area (Å²) in [6, 6.07) is 13.6. The molecule has 2 aliphatic rings. The quantitative estimate of drug-likeness (QED) is 0.654. The minimum Gasteiger partial charge on any atom is -0.456 e. The average Bonchev–Trinajstić information content (AvgIpc) is 2.59. The van der Waals surface area contributed by atoms with Gasteiger partial charge in [-0.2, -0.15) is 17.8 Å². The lowest BCUT2D eigenvalue weighted by Crippen LogP contribution is -2.33. The average molecular weight is 392 g/mol. The molecule has 4 rings (SSSR count). The molecule has 0 amide bonds. The molecule has 2 aromatic carbocycles. The van der Waals surface area contributed by atoms with Crippen LogP contribution in [0.2, 0.25) is 5.02 Å². The molecule has 0 radical (unpaired) electrons. The minimum absolute atomic E-state index is 0.519. The van der Waals surface area contributed by atoms with Crippen LogP contribution < -0.4 is 4.74 Å². The van der Waals surface area contributed by atoms with Gasteiger partial charge < -0.3 is 4.74 Å². The first kappa shape index (κ1) is 17.5.